The first-order valence-electron chi connectivity index (χ1n) is 8.32. The first-order chi connectivity index (χ1) is 12.8. The number of para-hydroxylation sites is 1. The smallest absolute Gasteiger partial charge is 0.247 e. The quantitative estimate of drug-likeness (QED) is 0.695. The Morgan fingerprint density at radius 1 is 1.12 bits per heavy atom. The summed E-state index contributed by atoms with van der Waals surface area (Å²) in [6.07, 6.45) is 1.52. The van der Waals surface area contributed by atoms with Gasteiger partial charge in [0, 0.05) is 16.8 Å². The number of nitrogens with one attached hydrogen (secondary N) is 1. The number of nitrogens with zero attached hydrogens (tertiary/aromatic N) is 3. The monoisotopic (exact) mass is 366 g/mol. The van der Waals surface area contributed by atoms with E-state index in [-0.39, 0.29) is 6.23 Å². The van der Waals surface area contributed by atoms with Gasteiger partial charge in [0.1, 0.15) is 5.75 Å². The maximum atomic E-state index is 6.19. The van der Waals surface area contributed by atoms with E-state index in [9.17, 15) is 0 Å². The van der Waals surface area contributed by atoms with Crippen molar-refractivity contribution in [1.82, 2.24) is 15.2 Å². The Morgan fingerprint density at radius 3 is 2.69 bits per heavy atom. The maximum absolute atomic E-state index is 6.19. The van der Waals surface area contributed by atoms with Crippen LogP contribution in [-0.2, 0) is 0 Å². The minimum Gasteiger partial charge on any atom is -0.494 e. The van der Waals surface area contributed by atoms with Gasteiger partial charge >= 0.3 is 0 Å². The van der Waals surface area contributed by atoms with Gasteiger partial charge in [-0.05, 0) is 43.5 Å². The van der Waals surface area contributed by atoms with Gasteiger partial charge in [-0.1, -0.05) is 30.0 Å². The molecule has 6 nitrogen and oxygen atoms in total. The van der Waals surface area contributed by atoms with E-state index in [2.05, 4.69) is 20.5 Å². The highest BCUT2D eigenvalue weighted by Crippen LogP contribution is 2.39. The third kappa shape index (κ3) is 3.17. The van der Waals surface area contributed by atoms with Crippen molar-refractivity contribution in [2.45, 2.75) is 18.3 Å². The molecule has 1 N–H and O–H groups in total. The van der Waals surface area contributed by atoms with Crippen LogP contribution in [0.5, 0.6) is 11.6 Å². The molecule has 0 spiro atoms. The maximum Gasteiger partial charge on any atom is 0.247 e. The molecule has 2 heterocycles. The molecule has 7 heteroatoms. The van der Waals surface area contributed by atoms with Crippen LogP contribution in [0.15, 0.2) is 53.7 Å². The number of benzene rings is 2. The molecule has 1 atom stereocenters. The second-order valence-corrected chi connectivity index (χ2v) is 6.42. The summed E-state index contributed by atoms with van der Waals surface area (Å²) in [5, 5.41) is 12.5. The molecule has 0 bridgehead atoms. The topological polar surface area (TPSA) is 69.2 Å². The van der Waals surface area contributed by atoms with Crippen molar-refractivity contribution >= 4 is 17.4 Å². The van der Waals surface area contributed by atoms with Crippen LogP contribution in [0, 0.1) is 0 Å². The standard InChI is InChI=1S/C19H18N4O2S/c1-3-24-13-10-8-12(9-11-13)17-20-15-7-5-4-6-14(15)16-18(25-17)21-19(26-2)23-22-16/h4-11,17,20H,3H2,1-2H3/t17-/m1/s1. The van der Waals surface area contributed by atoms with E-state index in [4.69, 9.17) is 9.47 Å². The molecule has 2 aromatic carbocycles. The van der Waals surface area contributed by atoms with Crippen molar-refractivity contribution in [2.75, 3.05) is 18.2 Å². The number of fused-ring (bicyclic) bond motifs is 3. The lowest BCUT2D eigenvalue weighted by atomic mass is 10.1. The van der Waals surface area contributed by atoms with Gasteiger partial charge in [0.2, 0.25) is 11.0 Å². The highest BCUT2D eigenvalue weighted by molar-refractivity contribution is 7.98. The minimum absolute atomic E-state index is 0.389. The van der Waals surface area contributed by atoms with E-state index in [0.29, 0.717) is 23.3 Å². The van der Waals surface area contributed by atoms with Gasteiger partial charge in [-0.25, -0.2) is 0 Å². The zero-order chi connectivity index (χ0) is 17.9. The Balaban J connectivity index is 1.76. The lowest BCUT2D eigenvalue weighted by Gasteiger charge is -2.19. The predicted octanol–water partition coefficient (Wildman–Crippen LogP) is 4.16. The molecular weight excluding hydrogens is 348 g/mol. The summed E-state index contributed by atoms with van der Waals surface area (Å²) < 4.78 is 11.7. The van der Waals surface area contributed by atoms with Crippen LogP contribution in [0.25, 0.3) is 11.3 Å². The summed E-state index contributed by atoms with van der Waals surface area (Å²) in [6.45, 7) is 2.60. The molecule has 0 fully saturated rings. The number of hydrogen-bond donors (Lipinski definition) is 1. The molecule has 0 amide bonds. The van der Waals surface area contributed by atoms with Crippen LogP contribution < -0.4 is 14.8 Å². The Hall–Kier alpha value is -2.80. The van der Waals surface area contributed by atoms with Crippen molar-refractivity contribution in [2.24, 2.45) is 0 Å². The molecule has 4 rings (SSSR count). The second-order valence-electron chi connectivity index (χ2n) is 5.64. The van der Waals surface area contributed by atoms with Crippen molar-refractivity contribution in [3.05, 3.63) is 54.1 Å². The fraction of sp³-hybridized carbons (Fsp3) is 0.211. The molecule has 0 unspecified atom stereocenters. The van der Waals surface area contributed by atoms with Crippen molar-refractivity contribution in [1.29, 1.82) is 0 Å². The zero-order valence-corrected chi connectivity index (χ0v) is 15.3. The molecule has 1 aliphatic heterocycles. The number of anilines is 1. The summed E-state index contributed by atoms with van der Waals surface area (Å²) in [4.78, 5) is 4.52. The molecule has 1 aliphatic rings. The molecule has 26 heavy (non-hydrogen) atoms. The van der Waals surface area contributed by atoms with Crippen LogP contribution in [0.3, 0.4) is 0 Å². The van der Waals surface area contributed by atoms with Crippen LogP contribution in [0.2, 0.25) is 0 Å². The van der Waals surface area contributed by atoms with Crippen molar-refractivity contribution in [3.8, 4) is 22.9 Å². The Kier molecular flexibility index (Phi) is 4.62. The molecular formula is C19H18N4O2S. The predicted molar refractivity (Wildman–Crippen MR) is 102 cm³/mol. The SMILES string of the molecule is CCOc1ccc([C@@H]2Nc3ccccc3-c3nnc(SC)nc3O2)cc1. The van der Waals surface area contributed by atoms with E-state index in [0.717, 1.165) is 22.6 Å². The highest BCUT2D eigenvalue weighted by atomic mass is 32.2. The lowest BCUT2D eigenvalue weighted by molar-refractivity contribution is 0.225. The van der Waals surface area contributed by atoms with Crippen LogP contribution in [0.4, 0.5) is 5.69 Å². The molecule has 3 aromatic rings. The average molecular weight is 366 g/mol. The molecule has 132 valence electrons. The minimum atomic E-state index is -0.389. The Labute approximate surface area is 156 Å². The molecule has 1 aromatic heterocycles. The number of hydrogen-bond acceptors (Lipinski definition) is 7. The fourth-order valence-electron chi connectivity index (χ4n) is 2.79. The average Bonchev–Trinajstić information content (AvgIpc) is 2.85. The van der Waals surface area contributed by atoms with Gasteiger partial charge in [-0.2, -0.15) is 4.98 Å². The largest absolute Gasteiger partial charge is 0.494 e. The van der Waals surface area contributed by atoms with E-state index in [1.807, 2.05) is 61.7 Å². The number of rotatable bonds is 4. The van der Waals surface area contributed by atoms with E-state index >= 15 is 0 Å². The highest BCUT2D eigenvalue weighted by Gasteiger charge is 2.25. The summed E-state index contributed by atoms with van der Waals surface area (Å²) in [7, 11) is 0. The normalized spacial score (nSPS) is 15.1. The van der Waals surface area contributed by atoms with Gasteiger partial charge < -0.3 is 14.8 Å². The number of aromatic nitrogens is 3. The first kappa shape index (κ1) is 16.7. The molecule has 0 saturated carbocycles. The molecule has 0 aliphatic carbocycles. The fourth-order valence-corrected chi connectivity index (χ4v) is 3.09. The van der Waals surface area contributed by atoms with Crippen molar-refractivity contribution in [3.63, 3.8) is 0 Å². The van der Waals surface area contributed by atoms with Crippen molar-refractivity contribution < 1.29 is 9.47 Å². The van der Waals surface area contributed by atoms with Crippen LogP contribution in [0.1, 0.15) is 18.7 Å². The van der Waals surface area contributed by atoms with Gasteiger partial charge in [-0.15, -0.1) is 10.2 Å². The lowest BCUT2D eigenvalue weighted by Crippen LogP contribution is -2.17. The van der Waals surface area contributed by atoms with Gasteiger partial charge in [0.15, 0.2) is 11.9 Å². The Bertz CT molecular complexity index is 918. The summed E-state index contributed by atoms with van der Waals surface area (Å²) >= 11 is 1.43. The van der Waals surface area contributed by atoms with E-state index in [1.54, 1.807) is 0 Å². The second kappa shape index (κ2) is 7.21. The van der Waals surface area contributed by atoms with Gasteiger partial charge in [-0.3, -0.25) is 0 Å². The number of ether oxygens (including phenoxy) is 2. The first-order valence-corrected chi connectivity index (χ1v) is 9.55. The Morgan fingerprint density at radius 2 is 1.92 bits per heavy atom. The molecule has 0 saturated heterocycles. The van der Waals surface area contributed by atoms with Crippen LogP contribution >= 0.6 is 11.8 Å². The third-order valence-electron chi connectivity index (χ3n) is 4.01. The summed E-state index contributed by atoms with van der Waals surface area (Å²) in [6, 6.07) is 15.8. The summed E-state index contributed by atoms with van der Waals surface area (Å²) in [5.41, 5.74) is 3.46. The molecule has 0 radical (unpaired) electrons. The van der Waals surface area contributed by atoms with E-state index in [1.165, 1.54) is 11.8 Å². The summed E-state index contributed by atoms with van der Waals surface area (Å²) in [5.74, 6) is 1.31. The van der Waals surface area contributed by atoms with E-state index < -0.39 is 0 Å². The number of thioether (sulfide) groups is 1. The van der Waals surface area contributed by atoms with Gasteiger partial charge in [0.05, 0.1) is 6.61 Å². The van der Waals surface area contributed by atoms with Gasteiger partial charge in [0.25, 0.3) is 0 Å². The van der Waals surface area contributed by atoms with Crippen LogP contribution in [-0.4, -0.2) is 28.0 Å². The zero-order valence-electron chi connectivity index (χ0n) is 14.5. The third-order valence-corrected chi connectivity index (χ3v) is 4.55.